The number of H-pyrrole nitrogens is 1. The topological polar surface area (TPSA) is 55.7 Å². The minimum atomic E-state index is 0.693. The van der Waals surface area contributed by atoms with Crippen molar-refractivity contribution in [3.8, 4) is 6.19 Å². The van der Waals surface area contributed by atoms with Crippen LogP contribution >= 0.6 is 0 Å². The molecule has 1 aliphatic heterocycles. The number of hydrogen-bond donors (Lipinski definition) is 1. The van der Waals surface area contributed by atoms with Gasteiger partial charge >= 0.3 is 0 Å². The molecule has 4 nitrogen and oxygen atoms in total. The van der Waals surface area contributed by atoms with E-state index in [0.29, 0.717) is 6.54 Å². The molecule has 0 saturated heterocycles. The molecule has 2 rings (SSSR count). The summed E-state index contributed by atoms with van der Waals surface area (Å²) in [5, 5.41) is 15.8. The van der Waals surface area contributed by atoms with Gasteiger partial charge in [-0.1, -0.05) is 6.92 Å². The number of nitrogens with zero attached hydrogens (tertiary/aromatic N) is 3. The summed E-state index contributed by atoms with van der Waals surface area (Å²) in [6.45, 7) is 3.50. The van der Waals surface area contributed by atoms with Crippen molar-refractivity contribution in [1.29, 1.82) is 5.26 Å². The largest absolute Gasteiger partial charge is 0.300 e. The van der Waals surface area contributed by atoms with E-state index in [4.69, 9.17) is 5.26 Å². The van der Waals surface area contributed by atoms with Crippen LogP contribution in [0.25, 0.3) is 0 Å². The molecule has 0 aromatic carbocycles. The third-order valence-corrected chi connectivity index (χ3v) is 2.21. The number of hydrogen-bond acceptors (Lipinski definition) is 3. The van der Waals surface area contributed by atoms with Crippen molar-refractivity contribution >= 4 is 0 Å². The summed E-state index contributed by atoms with van der Waals surface area (Å²) in [4.78, 5) is 1.72. The highest BCUT2D eigenvalue weighted by Crippen LogP contribution is 2.22. The van der Waals surface area contributed by atoms with Crippen LogP contribution in [0.1, 0.15) is 23.9 Å². The molecule has 1 aromatic heterocycles. The lowest BCUT2D eigenvalue weighted by molar-refractivity contribution is 0.410. The second kappa shape index (κ2) is 2.52. The van der Waals surface area contributed by atoms with Crippen molar-refractivity contribution in [2.45, 2.75) is 26.4 Å². The molecular formula is C8H10N4. The molecule has 0 aliphatic carbocycles. The van der Waals surface area contributed by atoms with E-state index in [0.717, 1.165) is 24.4 Å². The molecule has 0 atom stereocenters. The minimum absolute atomic E-state index is 0.693. The first-order valence-corrected chi connectivity index (χ1v) is 4.04. The van der Waals surface area contributed by atoms with E-state index >= 15 is 0 Å². The Kier molecular flexibility index (Phi) is 1.51. The molecule has 0 spiro atoms. The first-order valence-electron chi connectivity index (χ1n) is 4.04. The maximum atomic E-state index is 8.66. The van der Waals surface area contributed by atoms with Crippen molar-refractivity contribution in [2.75, 3.05) is 0 Å². The summed E-state index contributed by atoms with van der Waals surface area (Å²) in [7, 11) is 0. The second-order valence-corrected chi connectivity index (χ2v) is 2.94. The number of rotatable bonds is 1. The molecule has 1 aromatic rings. The molecule has 0 unspecified atom stereocenters. The number of aryl methyl sites for hydroxylation is 1. The number of aromatic amines is 1. The first-order chi connectivity index (χ1) is 5.85. The minimum Gasteiger partial charge on any atom is -0.300 e. The fourth-order valence-electron chi connectivity index (χ4n) is 1.56. The van der Waals surface area contributed by atoms with Crippen molar-refractivity contribution in [3.63, 3.8) is 0 Å². The van der Waals surface area contributed by atoms with Crippen LogP contribution in [-0.2, 0) is 19.5 Å². The van der Waals surface area contributed by atoms with Crippen LogP contribution in [0.5, 0.6) is 0 Å². The Hall–Kier alpha value is -1.50. The Labute approximate surface area is 70.8 Å². The monoisotopic (exact) mass is 162 g/mol. The van der Waals surface area contributed by atoms with Crippen LogP contribution in [0.3, 0.4) is 0 Å². The van der Waals surface area contributed by atoms with Crippen molar-refractivity contribution in [1.82, 2.24) is 15.1 Å². The molecule has 1 N–H and O–H groups in total. The van der Waals surface area contributed by atoms with Crippen LogP contribution in [0.2, 0.25) is 0 Å². The van der Waals surface area contributed by atoms with E-state index in [1.807, 2.05) is 0 Å². The van der Waals surface area contributed by atoms with Gasteiger partial charge in [-0.25, -0.2) is 0 Å². The van der Waals surface area contributed by atoms with Gasteiger partial charge in [0.1, 0.15) is 0 Å². The predicted octanol–water partition coefficient (Wildman–Crippen LogP) is 0.769. The predicted molar refractivity (Wildman–Crippen MR) is 42.8 cm³/mol. The highest BCUT2D eigenvalue weighted by atomic mass is 15.2. The molecular weight excluding hydrogens is 152 g/mol. The lowest BCUT2D eigenvalue weighted by Crippen LogP contribution is -2.09. The molecule has 62 valence electrons. The maximum Gasteiger partial charge on any atom is 0.180 e. The third-order valence-electron chi connectivity index (χ3n) is 2.21. The fourth-order valence-corrected chi connectivity index (χ4v) is 1.56. The summed E-state index contributed by atoms with van der Waals surface area (Å²) in [6.07, 6.45) is 3.07. The smallest absolute Gasteiger partial charge is 0.180 e. The summed E-state index contributed by atoms with van der Waals surface area (Å²) < 4.78 is 0. The molecule has 12 heavy (non-hydrogen) atoms. The van der Waals surface area contributed by atoms with Gasteiger partial charge in [0.2, 0.25) is 0 Å². The molecule has 0 bridgehead atoms. The quantitative estimate of drug-likeness (QED) is 0.620. The van der Waals surface area contributed by atoms with E-state index in [1.54, 1.807) is 4.90 Å². The van der Waals surface area contributed by atoms with Crippen molar-refractivity contribution in [2.24, 2.45) is 0 Å². The summed E-state index contributed by atoms with van der Waals surface area (Å²) >= 11 is 0. The van der Waals surface area contributed by atoms with E-state index in [-0.39, 0.29) is 0 Å². The zero-order valence-corrected chi connectivity index (χ0v) is 6.96. The lowest BCUT2D eigenvalue weighted by Gasteiger charge is -2.03. The molecule has 0 radical (unpaired) electrons. The average Bonchev–Trinajstić information content (AvgIpc) is 2.61. The number of nitriles is 1. The highest BCUT2D eigenvalue weighted by molar-refractivity contribution is 5.29. The van der Waals surface area contributed by atoms with Gasteiger partial charge in [0.05, 0.1) is 24.5 Å². The zero-order valence-electron chi connectivity index (χ0n) is 6.96. The van der Waals surface area contributed by atoms with E-state index in [9.17, 15) is 0 Å². The average molecular weight is 162 g/mol. The Morgan fingerprint density at radius 3 is 3.17 bits per heavy atom. The number of aromatic nitrogens is 2. The van der Waals surface area contributed by atoms with Gasteiger partial charge in [0, 0.05) is 5.56 Å². The third kappa shape index (κ3) is 0.866. The van der Waals surface area contributed by atoms with Crippen LogP contribution < -0.4 is 0 Å². The Bertz CT molecular complexity index is 333. The lowest BCUT2D eigenvalue weighted by atomic mass is 10.2. The van der Waals surface area contributed by atoms with Crippen LogP contribution in [-0.4, -0.2) is 15.1 Å². The van der Waals surface area contributed by atoms with Gasteiger partial charge in [0.15, 0.2) is 6.19 Å². The Morgan fingerprint density at radius 2 is 2.50 bits per heavy atom. The van der Waals surface area contributed by atoms with Crippen molar-refractivity contribution in [3.05, 3.63) is 17.0 Å². The van der Waals surface area contributed by atoms with Crippen molar-refractivity contribution < 1.29 is 0 Å². The maximum absolute atomic E-state index is 8.66. The van der Waals surface area contributed by atoms with Crippen LogP contribution in [0.4, 0.5) is 0 Å². The zero-order chi connectivity index (χ0) is 8.55. The molecule has 0 saturated carbocycles. The van der Waals surface area contributed by atoms with E-state index in [2.05, 4.69) is 23.3 Å². The SMILES string of the molecule is CCc1n[nH]c2c1CN(C#N)C2. The summed E-state index contributed by atoms with van der Waals surface area (Å²) in [5.41, 5.74) is 3.43. The summed E-state index contributed by atoms with van der Waals surface area (Å²) in [6, 6.07) is 0. The van der Waals surface area contributed by atoms with Crippen LogP contribution in [0.15, 0.2) is 0 Å². The molecule has 2 heterocycles. The van der Waals surface area contributed by atoms with Gasteiger partial charge < -0.3 is 4.90 Å². The summed E-state index contributed by atoms with van der Waals surface area (Å²) in [5.74, 6) is 0. The number of nitrogens with one attached hydrogen (secondary N) is 1. The van der Waals surface area contributed by atoms with Gasteiger partial charge in [-0.15, -0.1) is 0 Å². The molecule has 0 amide bonds. The van der Waals surface area contributed by atoms with Crippen LogP contribution in [0, 0.1) is 11.5 Å². The fraction of sp³-hybridized carbons (Fsp3) is 0.500. The van der Waals surface area contributed by atoms with E-state index in [1.165, 1.54) is 5.56 Å². The standard InChI is InChI=1S/C8H10N4/c1-2-7-6-3-12(5-9)4-8(6)11-10-7/h2-4H2,1H3,(H,10,11). The van der Waals surface area contributed by atoms with Gasteiger partial charge in [-0.3, -0.25) is 5.10 Å². The Morgan fingerprint density at radius 1 is 1.67 bits per heavy atom. The van der Waals surface area contributed by atoms with Gasteiger partial charge in [-0.2, -0.15) is 10.4 Å². The van der Waals surface area contributed by atoms with Gasteiger partial charge in [0.25, 0.3) is 0 Å². The van der Waals surface area contributed by atoms with E-state index < -0.39 is 0 Å². The molecule has 0 fully saturated rings. The first kappa shape index (κ1) is 7.17. The normalized spacial score (nSPS) is 14.5. The molecule has 4 heteroatoms. The molecule has 1 aliphatic rings. The number of fused-ring (bicyclic) bond motifs is 1. The second-order valence-electron chi connectivity index (χ2n) is 2.94. The van der Waals surface area contributed by atoms with Gasteiger partial charge in [-0.05, 0) is 6.42 Å². The Balaban J connectivity index is 2.32. The highest BCUT2D eigenvalue weighted by Gasteiger charge is 2.22.